The predicted molar refractivity (Wildman–Crippen MR) is 78.7 cm³/mol. The van der Waals surface area contributed by atoms with Crippen molar-refractivity contribution in [3.8, 4) is 0 Å². The molecule has 0 spiro atoms. The molecular weight excluding hydrogens is 304 g/mol. The summed E-state index contributed by atoms with van der Waals surface area (Å²) < 4.78 is 0. The lowest BCUT2D eigenvalue weighted by Crippen LogP contribution is -2.35. The highest BCUT2D eigenvalue weighted by Gasteiger charge is 2.37. The molecule has 23 heavy (non-hydrogen) atoms. The molecule has 1 aliphatic carbocycles. The average Bonchev–Trinajstić information content (AvgIpc) is 2.45. The summed E-state index contributed by atoms with van der Waals surface area (Å²) in [5.41, 5.74) is 0. The fourth-order valence-electron chi connectivity index (χ4n) is 3.11. The first-order valence-corrected chi connectivity index (χ1v) is 7.60. The van der Waals surface area contributed by atoms with Gasteiger partial charge in [-0.1, -0.05) is 0 Å². The molecule has 2 unspecified atom stereocenters. The molecule has 128 valence electrons. The summed E-state index contributed by atoms with van der Waals surface area (Å²) in [6.07, 6.45) is 0.0161. The molecule has 0 aromatic carbocycles. The van der Waals surface area contributed by atoms with Crippen LogP contribution in [0.15, 0.2) is 0 Å². The largest absolute Gasteiger partial charge is 0.481 e. The number of aliphatic carboxylic acids is 2. The molecule has 4 atom stereocenters. The third-order valence-electron chi connectivity index (χ3n) is 4.53. The highest BCUT2D eigenvalue weighted by Crippen LogP contribution is 2.36. The van der Waals surface area contributed by atoms with Crippen LogP contribution in [0.3, 0.4) is 0 Å². The van der Waals surface area contributed by atoms with E-state index in [1.54, 1.807) is 0 Å². The van der Waals surface area contributed by atoms with Crippen LogP contribution in [0.1, 0.15) is 46.0 Å². The third kappa shape index (κ3) is 5.58. The Morgan fingerprint density at radius 2 is 1.26 bits per heavy atom. The van der Waals surface area contributed by atoms with Crippen LogP contribution in [0.5, 0.6) is 0 Å². The van der Waals surface area contributed by atoms with Crippen LogP contribution in [-0.2, 0) is 24.0 Å². The number of Topliss-reactive ketones (excluding diaryl/α,β-unsaturated/α-hetero) is 3. The zero-order chi connectivity index (χ0) is 17.7. The Bertz CT molecular complexity index is 501. The summed E-state index contributed by atoms with van der Waals surface area (Å²) in [6, 6.07) is 0. The Hall–Kier alpha value is -2.05. The van der Waals surface area contributed by atoms with E-state index in [-0.39, 0.29) is 35.6 Å². The third-order valence-corrected chi connectivity index (χ3v) is 4.53. The smallest absolute Gasteiger partial charge is 0.307 e. The van der Waals surface area contributed by atoms with Gasteiger partial charge in [0.1, 0.15) is 17.3 Å². The molecule has 7 heteroatoms. The first-order valence-electron chi connectivity index (χ1n) is 7.60. The molecule has 1 rings (SSSR count). The van der Waals surface area contributed by atoms with Crippen LogP contribution in [0.4, 0.5) is 0 Å². The molecule has 0 aliphatic heterocycles. The quantitative estimate of drug-likeness (QED) is 0.689. The van der Waals surface area contributed by atoms with Crippen molar-refractivity contribution in [1.82, 2.24) is 0 Å². The maximum absolute atomic E-state index is 12.4. The monoisotopic (exact) mass is 326 g/mol. The number of rotatable bonds is 8. The SMILES string of the molecule is CC(=O)[C@@H]1CC(C(=O)CC(CC(=O)O)C(=O)O)C[C@H](C(C)=O)C1. The van der Waals surface area contributed by atoms with Gasteiger partial charge in [0.25, 0.3) is 0 Å². The van der Waals surface area contributed by atoms with Crippen LogP contribution >= 0.6 is 0 Å². The average molecular weight is 326 g/mol. The number of carbonyl (C=O) groups is 5. The Morgan fingerprint density at radius 3 is 1.61 bits per heavy atom. The van der Waals surface area contributed by atoms with Gasteiger partial charge in [-0.25, -0.2) is 0 Å². The van der Waals surface area contributed by atoms with Gasteiger partial charge in [-0.3, -0.25) is 24.0 Å². The molecule has 0 aromatic heterocycles. The Morgan fingerprint density at radius 1 is 0.826 bits per heavy atom. The van der Waals surface area contributed by atoms with Crippen molar-refractivity contribution in [3.63, 3.8) is 0 Å². The first kappa shape index (κ1) is 19.0. The van der Waals surface area contributed by atoms with E-state index in [9.17, 15) is 24.0 Å². The van der Waals surface area contributed by atoms with E-state index < -0.39 is 30.2 Å². The molecule has 0 bridgehead atoms. The van der Waals surface area contributed by atoms with Gasteiger partial charge >= 0.3 is 11.9 Å². The number of hydrogen-bond donors (Lipinski definition) is 2. The fraction of sp³-hybridized carbons (Fsp3) is 0.688. The maximum atomic E-state index is 12.4. The minimum atomic E-state index is -1.33. The van der Waals surface area contributed by atoms with Gasteiger partial charge in [0.05, 0.1) is 12.3 Å². The van der Waals surface area contributed by atoms with E-state index >= 15 is 0 Å². The lowest BCUT2D eigenvalue weighted by atomic mass is 9.70. The van der Waals surface area contributed by atoms with Gasteiger partial charge in [0.15, 0.2) is 0 Å². The Kier molecular flexibility index (Phi) is 6.60. The van der Waals surface area contributed by atoms with E-state index in [4.69, 9.17) is 10.2 Å². The number of ketones is 3. The summed E-state index contributed by atoms with van der Waals surface area (Å²) in [6.45, 7) is 2.83. The molecule has 0 heterocycles. The second kappa shape index (κ2) is 7.99. The number of carboxylic acid groups (broad SMARTS) is 2. The Labute approximate surface area is 134 Å². The zero-order valence-corrected chi connectivity index (χ0v) is 13.3. The highest BCUT2D eigenvalue weighted by atomic mass is 16.4. The molecular formula is C16H22O7. The molecule has 0 amide bonds. The summed E-state index contributed by atoms with van der Waals surface area (Å²) in [7, 11) is 0. The zero-order valence-electron chi connectivity index (χ0n) is 13.3. The van der Waals surface area contributed by atoms with Crippen LogP contribution < -0.4 is 0 Å². The van der Waals surface area contributed by atoms with E-state index in [1.165, 1.54) is 13.8 Å². The number of hydrogen-bond acceptors (Lipinski definition) is 5. The van der Waals surface area contributed by atoms with Crippen molar-refractivity contribution in [3.05, 3.63) is 0 Å². The summed E-state index contributed by atoms with van der Waals surface area (Å²) in [4.78, 5) is 57.4. The Balaban J connectivity index is 2.83. The lowest BCUT2D eigenvalue weighted by Gasteiger charge is -2.32. The molecule has 1 fully saturated rings. The van der Waals surface area contributed by atoms with E-state index in [0.717, 1.165) is 0 Å². The van der Waals surface area contributed by atoms with Gasteiger partial charge in [0, 0.05) is 24.2 Å². The topological polar surface area (TPSA) is 126 Å². The van der Waals surface area contributed by atoms with E-state index in [2.05, 4.69) is 0 Å². The van der Waals surface area contributed by atoms with Crippen molar-refractivity contribution < 1.29 is 34.2 Å². The molecule has 0 aromatic rings. The molecule has 1 saturated carbocycles. The van der Waals surface area contributed by atoms with Crippen LogP contribution in [0, 0.1) is 23.7 Å². The van der Waals surface area contributed by atoms with Crippen LogP contribution in [0.25, 0.3) is 0 Å². The van der Waals surface area contributed by atoms with Crippen LogP contribution in [0.2, 0.25) is 0 Å². The second-order valence-corrected chi connectivity index (χ2v) is 6.32. The molecule has 0 saturated heterocycles. The molecule has 2 N–H and O–H groups in total. The van der Waals surface area contributed by atoms with Gasteiger partial charge in [-0.05, 0) is 33.1 Å². The first-order chi connectivity index (χ1) is 10.6. The van der Waals surface area contributed by atoms with Crippen molar-refractivity contribution in [2.45, 2.75) is 46.0 Å². The molecule has 0 radical (unpaired) electrons. The summed E-state index contributed by atoms with van der Waals surface area (Å²) >= 11 is 0. The van der Waals surface area contributed by atoms with E-state index in [0.29, 0.717) is 19.3 Å². The van der Waals surface area contributed by atoms with Crippen molar-refractivity contribution in [2.24, 2.45) is 23.7 Å². The predicted octanol–water partition coefficient (Wildman–Crippen LogP) is 1.33. The second-order valence-electron chi connectivity index (χ2n) is 6.32. The number of carboxylic acids is 2. The lowest BCUT2D eigenvalue weighted by molar-refractivity contribution is -0.150. The highest BCUT2D eigenvalue weighted by molar-refractivity contribution is 5.89. The van der Waals surface area contributed by atoms with Crippen molar-refractivity contribution >= 4 is 29.3 Å². The fourth-order valence-corrected chi connectivity index (χ4v) is 3.11. The van der Waals surface area contributed by atoms with Crippen molar-refractivity contribution in [2.75, 3.05) is 0 Å². The minimum Gasteiger partial charge on any atom is -0.481 e. The van der Waals surface area contributed by atoms with Gasteiger partial charge in [0.2, 0.25) is 0 Å². The molecule has 7 nitrogen and oxygen atoms in total. The van der Waals surface area contributed by atoms with Gasteiger partial charge in [-0.2, -0.15) is 0 Å². The molecule has 1 aliphatic rings. The van der Waals surface area contributed by atoms with Gasteiger partial charge in [-0.15, -0.1) is 0 Å². The minimum absolute atomic E-state index is 0.0888. The van der Waals surface area contributed by atoms with Crippen molar-refractivity contribution in [1.29, 1.82) is 0 Å². The van der Waals surface area contributed by atoms with Crippen LogP contribution in [-0.4, -0.2) is 39.5 Å². The maximum Gasteiger partial charge on any atom is 0.307 e. The summed E-state index contributed by atoms with van der Waals surface area (Å²) in [5, 5.41) is 17.7. The van der Waals surface area contributed by atoms with Gasteiger partial charge < -0.3 is 10.2 Å². The van der Waals surface area contributed by atoms with E-state index in [1.807, 2.05) is 0 Å². The normalized spacial score (nSPS) is 25.4. The number of carbonyl (C=O) groups excluding carboxylic acids is 3. The summed E-state index contributed by atoms with van der Waals surface area (Å²) in [5.74, 6) is -5.78. The standard InChI is InChI=1S/C16H22O7/c1-8(17)10-3-11(9(2)18)5-12(4-10)14(19)6-13(16(22)23)7-15(20)21/h10-13H,3-7H2,1-2H3,(H,20,21)(H,22,23)/t10-,11+,12?,13?.